The van der Waals surface area contributed by atoms with Gasteiger partial charge in [-0.2, -0.15) is 5.10 Å². The predicted octanol–water partition coefficient (Wildman–Crippen LogP) is 1.92. The van der Waals surface area contributed by atoms with Crippen LogP contribution in [0.4, 0.5) is 0 Å². The number of benzene rings is 1. The summed E-state index contributed by atoms with van der Waals surface area (Å²) in [6, 6.07) is 12.3. The molecule has 7 nitrogen and oxygen atoms in total. The largest absolute Gasteiger partial charge is 0.361 e. The van der Waals surface area contributed by atoms with Crippen molar-refractivity contribution in [3.63, 3.8) is 0 Å². The minimum Gasteiger partial charge on any atom is -0.361 e. The molecule has 0 radical (unpaired) electrons. The number of likely N-dealkylation sites (N-methyl/N-ethyl adjacent to an activating group) is 1. The fraction of sp³-hybridized carbons (Fsp3) is 0.300. The van der Waals surface area contributed by atoms with Crippen LogP contribution in [0.25, 0.3) is 27.8 Å². The number of hydrogen-bond donors (Lipinski definition) is 2. The SMILES string of the molecule is CN1CCN(Cc2cc3n[nH]c(=O)n3c3cc(-c4ccc[nH]4)ccc23)CC1. The minimum atomic E-state index is -0.204. The van der Waals surface area contributed by atoms with Crippen LogP contribution in [-0.2, 0) is 6.54 Å². The van der Waals surface area contributed by atoms with Gasteiger partial charge in [0.2, 0.25) is 0 Å². The van der Waals surface area contributed by atoms with Gasteiger partial charge in [0.1, 0.15) is 0 Å². The summed E-state index contributed by atoms with van der Waals surface area (Å²) in [5.41, 5.74) is 4.65. The van der Waals surface area contributed by atoms with E-state index in [0.29, 0.717) is 5.65 Å². The van der Waals surface area contributed by atoms with Crippen molar-refractivity contribution < 1.29 is 0 Å². The second-order valence-electron chi connectivity index (χ2n) is 7.29. The first-order chi connectivity index (χ1) is 13.2. The maximum Gasteiger partial charge on any atom is 0.348 e. The van der Waals surface area contributed by atoms with Crippen LogP contribution in [0.1, 0.15) is 5.56 Å². The first-order valence-corrected chi connectivity index (χ1v) is 9.26. The van der Waals surface area contributed by atoms with E-state index in [-0.39, 0.29) is 5.69 Å². The van der Waals surface area contributed by atoms with E-state index in [1.165, 1.54) is 5.56 Å². The molecule has 0 unspecified atom stereocenters. The van der Waals surface area contributed by atoms with E-state index in [9.17, 15) is 4.79 Å². The van der Waals surface area contributed by atoms with E-state index in [1.807, 2.05) is 24.4 Å². The molecule has 138 valence electrons. The Morgan fingerprint density at radius 2 is 1.96 bits per heavy atom. The van der Waals surface area contributed by atoms with Crippen molar-refractivity contribution in [2.45, 2.75) is 6.54 Å². The molecule has 1 saturated heterocycles. The zero-order valence-electron chi connectivity index (χ0n) is 15.3. The molecule has 0 atom stereocenters. The lowest BCUT2D eigenvalue weighted by Gasteiger charge is -2.32. The van der Waals surface area contributed by atoms with Gasteiger partial charge in [-0.1, -0.05) is 12.1 Å². The summed E-state index contributed by atoms with van der Waals surface area (Å²) >= 11 is 0. The van der Waals surface area contributed by atoms with Crippen molar-refractivity contribution in [3.05, 3.63) is 58.6 Å². The molecule has 7 heteroatoms. The van der Waals surface area contributed by atoms with Gasteiger partial charge in [-0.25, -0.2) is 14.3 Å². The third-order valence-corrected chi connectivity index (χ3v) is 5.49. The van der Waals surface area contributed by atoms with E-state index in [2.05, 4.69) is 50.2 Å². The Labute approximate surface area is 156 Å². The van der Waals surface area contributed by atoms with E-state index in [4.69, 9.17) is 0 Å². The highest BCUT2D eigenvalue weighted by molar-refractivity contribution is 5.89. The average molecular weight is 362 g/mol. The van der Waals surface area contributed by atoms with Crippen LogP contribution in [0, 0.1) is 0 Å². The molecule has 5 rings (SSSR count). The Balaban J connectivity index is 1.65. The third kappa shape index (κ3) is 2.85. The molecule has 0 spiro atoms. The van der Waals surface area contributed by atoms with Crippen molar-refractivity contribution in [2.24, 2.45) is 0 Å². The second-order valence-corrected chi connectivity index (χ2v) is 7.29. The summed E-state index contributed by atoms with van der Waals surface area (Å²) in [4.78, 5) is 20.4. The van der Waals surface area contributed by atoms with E-state index in [0.717, 1.165) is 54.9 Å². The summed E-state index contributed by atoms with van der Waals surface area (Å²) in [6.07, 6.45) is 1.91. The molecule has 4 aromatic rings. The van der Waals surface area contributed by atoms with Gasteiger partial charge in [0, 0.05) is 55.6 Å². The molecule has 1 aromatic carbocycles. The number of H-pyrrole nitrogens is 2. The number of aromatic nitrogens is 4. The Hall–Kier alpha value is -2.90. The van der Waals surface area contributed by atoms with Gasteiger partial charge in [-0.15, -0.1) is 0 Å². The first-order valence-electron chi connectivity index (χ1n) is 9.26. The van der Waals surface area contributed by atoms with Gasteiger partial charge in [0.15, 0.2) is 5.65 Å². The highest BCUT2D eigenvalue weighted by Gasteiger charge is 2.17. The molecule has 1 fully saturated rings. The predicted molar refractivity (Wildman–Crippen MR) is 106 cm³/mol. The van der Waals surface area contributed by atoms with Crippen LogP contribution in [0.5, 0.6) is 0 Å². The number of pyridine rings is 1. The second kappa shape index (κ2) is 6.37. The number of rotatable bonds is 3. The van der Waals surface area contributed by atoms with E-state index < -0.39 is 0 Å². The molecule has 4 heterocycles. The van der Waals surface area contributed by atoms with Crippen LogP contribution in [0.3, 0.4) is 0 Å². The Morgan fingerprint density at radius 1 is 1.11 bits per heavy atom. The molecule has 0 aliphatic carbocycles. The monoisotopic (exact) mass is 362 g/mol. The smallest absolute Gasteiger partial charge is 0.348 e. The normalized spacial score (nSPS) is 16.5. The zero-order valence-corrected chi connectivity index (χ0v) is 15.3. The first kappa shape index (κ1) is 16.3. The topological polar surface area (TPSA) is 72.4 Å². The molecule has 1 aliphatic heterocycles. The number of piperazine rings is 1. The van der Waals surface area contributed by atoms with E-state index in [1.54, 1.807) is 4.40 Å². The Kier molecular flexibility index (Phi) is 3.84. The fourth-order valence-electron chi connectivity index (χ4n) is 3.92. The number of fused-ring (bicyclic) bond motifs is 3. The third-order valence-electron chi connectivity index (χ3n) is 5.49. The molecule has 3 aromatic heterocycles. The standard InChI is InChI=1S/C20H22N6O/c1-24-7-9-25(10-8-24)13-15-12-19-22-23-20(27)26(19)18-11-14(4-5-16(15)18)17-3-2-6-21-17/h2-6,11-12,21H,7-10,13H2,1H3,(H,23,27). The highest BCUT2D eigenvalue weighted by atomic mass is 16.1. The summed E-state index contributed by atoms with van der Waals surface area (Å²) in [5, 5.41) is 7.90. The van der Waals surface area contributed by atoms with Crippen LogP contribution in [-0.4, -0.2) is 62.6 Å². The van der Waals surface area contributed by atoms with Crippen LogP contribution in [0.15, 0.2) is 47.4 Å². The van der Waals surface area contributed by atoms with Gasteiger partial charge in [0.05, 0.1) is 5.52 Å². The molecule has 27 heavy (non-hydrogen) atoms. The average Bonchev–Trinajstić information content (AvgIpc) is 3.34. The Morgan fingerprint density at radius 3 is 2.74 bits per heavy atom. The number of nitrogens with zero attached hydrogens (tertiary/aromatic N) is 4. The number of hydrogen-bond acceptors (Lipinski definition) is 4. The summed E-state index contributed by atoms with van der Waals surface area (Å²) in [5.74, 6) is 0. The molecule has 0 bridgehead atoms. The van der Waals surface area contributed by atoms with Crippen molar-refractivity contribution in [2.75, 3.05) is 33.2 Å². The van der Waals surface area contributed by atoms with Gasteiger partial charge < -0.3 is 9.88 Å². The van der Waals surface area contributed by atoms with Crippen molar-refractivity contribution >= 4 is 16.6 Å². The van der Waals surface area contributed by atoms with Crippen LogP contribution < -0.4 is 5.69 Å². The fourth-order valence-corrected chi connectivity index (χ4v) is 3.92. The molecule has 0 amide bonds. The van der Waals surface area contributed by atoms with Crippen molar-refractivity contribution in [1.82, 2.24) is 29.4 Å². The highest BCUT2D eigenvalue weighted by Crippen LogP contribution is 2.27. The maximum absolute atomic E-state index is 12.3. The number of aromatic amines is 2. The zero-order chi connectivity index (χ0) is 18.4. The molecular weight excluding hydrogens is 340 g/mol. The van der Waals surface area contributed by atoms with E-state index >= 15 is 0 Å². The van der Waals surface area contributed by atoms with Gasteiger partial charge in [-0.05, 0) is 36.9 Å². The van der Waals surface area contributed by atoms with Gasteiger partial charge in [-0.3, -0.25) is 4.90 Å². The molecule has 1 aliphatic rings. The molecular formula is C20H22N6O. The molecule has 2 N–H and O–H groups in total. The maximum atomic E-state index is 12.3. The number of nitrogens with one attached hydrogen (secondary N) is 2. The summed E-state index contributed by atoms with van der Waals surface area (Å²) in [6.45, 7) is 5.13. The summed E-state index contributed by atoms with van der Waals surface area (Å²) in [7, 11) is 2.16. The van der Waals surface area contributed by atoms with Gasteiger partial charge >= 0.3 is 5.69 Å². The lowest BCUT2D eigenvalue weighted by Crippen LogP contribution is -2.43. The summed E-state index contributed by atoms with van der Waals surface area (Å²) < 4.78 is 1.66. The lowest BCUT2D eigenvalue weighted by molar-refractivity contribution is 0.148. The van der Waals surface area contributed by atoms with Crippen LogP contribution in [0.2, 0.25) is 0 Å². The van der Waals surface area contributed by atoms with Crippen molar-refractivity contribution in [3.8, 4) is 11.3 Å². The van der Waals surface area contributed by atoms with Crippen LogP contribution >= 0.6 is 0 Å². The Bertz CT molecular complexity index is 1150. The molecule has 0 saturated carbocycles. The van der Waals surface area contributed by atoms with Crippen molar-refractivity contribution in [1.29, 1.82) is 0 Å². The lowest BCUT2D eigenvalue weighted by atomic mass is 10.0. The van der Waals surface area contributed by atoms with Gasteiger partial charge in [0.25, 0.3) is 0 Å². The minimum absolute atomic E-state index is 0.204. The quantitative estimate of drug-likeness (QED) is 0.584.